The predicted octanol–water partition coefficient (Wildman–Crippen LogP) is 1.16. The highest BCUT2D eigenvalue weighted by atomic mass is 16.5. The summed E-state index contributed by atoms with van der Waals surface area (Å²) in [7, 11) is 1.65. The van der Waals surface area contributed by atoms with E-state index < -0.39 is 0 Å². The lowest BCUT2D eigenvalue weighted by Crippen LogP contribution is -2.42. The van der Waals surface area contributed by atoms with Crippen LogP contribution in [0.2, 0.25) is 0 Å². The van der Waals surface area contributed by atoms with E-state index >= 15 is 0 Å². The molecule has 70 valence electrons. The van der Waals surface area contributed by atoms with E-state index in [1.807, 2.05) is 6.92 Å². The first kappa shape index (κ1) is 9.68. The third-order valence-corrected chi connectivity index (χ3v) is 2.23. The maximum Gasteiger partial charge on any atom is 0.148 e. The van der Waals surface area contributed by atoms with Crippen molar-refractivity contribution in [1.82, 2.24) is 0 Å². The topological polar surface area (TPSA) is 35.5 Å². The number of hydrogen-bond donors (Lipinski definition) is 0. The van der Waals surface area contributed by atoms with Crippen molar-refractivity contribution in [3.8, 4) is 0 Å². The Bertz CT molecular complexity index is 154. The molecular weight excluding hydrogens is 156 g/mol. The molecule has 3 heteroatoms. The van der Waals surface area contributed by atoms with Crippen LogP contribution < -0.4 is 0 Å². The van der Waals surface area contributed by atoms with Crippen LogP contribution in [0.15, 0.2) is 0 Å². The molecule has 0 saturated carbocycles. The summed E-state index contributed by atoms with van der Waals surface area (Å²) in [5, 5.41) is 0. The fourth-order valence-corrected chi connectivity index (χ4v) is 1.67. The Morgan fingerprint density at radius 1 is 1.75 bits per heavy atom. The van der Waals surface area contributed by atoms with Crippen LogP contribution in [0.1, 0.15) is 26.2 Å². The normalized spacial score (nSPS) is 36.3. The van der Waals surface area contributed by atoms with Gasteiger partial charge in [0.25, 0.3) is 0 Å². The summed E-state index contributed by atoms with van der Waals surface area (Å²) in [6, 6.07) is 0. The van der Waals surface area contributed by atoms with Crippen LogP contribution in [-0.2, 0) is 14.3 Å². The molecule has 1 aliphatic heterocycles. The Kier molecular flexibility index (Phi) is 3.23. The summed E-state index contributed by atoms with van der Waals surface area (Å²) in [6.45, 7) is 2.56. The van der Waals surface area contributed by atoms with Gasteiger partial charge in [0.15, 0.2) is 0 Å². The summed E-state index contributed by atoms with van der Waals surface area (Å²) in [4.78, 5) is 10.5. The van der Waals surface area contributed by atoms with Gasteiger partial charge in [-0.1, -0.05) is 0 Å². The van der Waals surface area contributed by atoms with Crippen molar-refractivity contribution in [2.75, 3.05) is 13.7 Å². The molecule has 1 saturated heterocycles. The highest BCUT2D eigenvalue weighted by molar-refractivity contribution is 5.56. The van der Waals surface area contributed by atoms with Gasteiger partial charge in [-0.2, -0.15) is 0 Å². The first-order valence-electron chi connectivity index (χ1n) is 4.32. The van der Waals surface area contributed by atoms with E-state index in [0.29, 0.717) is 6.61 Å². The van der Waals surface area contributed by atoms with Gasteiger partial charge < -0.3 is 14.3 Å². The van der Waals surface area contributed by atoms with Crippen LogP contribution in [0, 0.1) is 0 Å². The molecule has 1 heterocycles. The van der Waals surface area contributed by atoms with Crippen molar-refractivity contribution in [1.29, 1.82) is 0 Å². The van der Waals surface area contributed by atoms with Gasteiger partial charge in [-0.25, -0.2) is 0 Å². The first-order chi connectivity index (χ1) is 5.70. The van der Waals surface area contributed by atoms with Gasteiger partial charge >= 0.3 is 0 Å². The van der Waals surface area contributed by atoms with Crippen LogP contribution in [0.4, 0.5) is 0 Å². The number of aldehydes is 1. The summed E-state index contributed by atoms with van der Waals surface area (Å²) in [5.74, 6) is 0. The van der Waals surface area contributed by atoms with Crippen molar-refractivity contribution < 1.29 is 14.3 Å². The second-order valence-corrected chi connectivity index (χ2v) is 3.57. The lowest BCUT2D eigenvalue weighted by Gasteiger charge is -2.36. The maximum atomic E-state index is 10.5. The molecule has 12 heavy (non-hydrogen) atoms. The molecule has 1 fully saturated rings. The molecule has 0 aromatic rings. The summed E-state index contributed by atoms with van der Waals surface area (Å²) in [6.07, 6.45) is 3.53. The number of methoxy groups -OCH3 is 1. The third kappa shape index (κ3) is 2.29. The fourth-order valence-electron chi connectivity index (χ4n) is 1.67. The van der Waals surface area contributed by atoms with Gasteiger partial charge in [-0.15, -0.1) is 0 Å². The minimum Gasteiger partial charge on any atom is -0.382 e. The molecule has 1 rings (SSSR count). The van der Waals surface area contributed by atoms with E-state index in [9.17, 15) is 4.79 Å². The summed E-state index contributed by atoms with van der Waals surface area (Å²) < 4.78 is 10.6. The molecule has 0 amide bonds. The van der Waals surface area contributed by atoms with Gasteiger partial charge in [0.1, 0.15) is 12.4 Å². The zero-order chi connectivity index (χ0) is 9.03. The van der Waals surface area contributed by atoms with Crippen LogP contribution >= 0.6 is 0 Å². The van der Waals surface area contributed by atoms with Gasteiger partial charge in [0, 0.05) is 7.11 Å². The number of ether oxygens (including phenoxy) is 2. The summed E-state index contributed by atoms with van der Waals surface area (Å²) >= 11 is 0. The van der Waals surface area contributed by atoms with E-state index in [1.165, 1.54) is 0 Å². The zero-order valence-corrected chi connectivity index (χ0v) is 7.71. The van der Waals surface area contributed by atoms with Gasteiger partial charge in [0.05, 0.1) is 12.2 Å². The Hall–Kier alpha value is -0.410. The smallest absolute Gasteiger partial charge is 0.148 e. The number of carbonyl (C=O) groups excluding carboxylic acids is 1. The van der Waals surface area contributed by atoms with E-state index in [4.69, 9.17) is 9.47 Å². The quantitative estimate of drug-likeness (QED) is 0.599. The highest BCUT2D eigenvalue weighted by Crippen LogP contribution is 2.27. The molecule has 1 aliphatic rings. The molecule has 0 radical (unpaired) electrons. The van der Waals surface area contributed by atoms with Crippen LogP contribution in [0.5, 0.6) is 0 Å². The van der Waals surface area contributed by atoms with E-state index in [0.717, 1.165) is 25.5 Å². The van der Waals surface area contributed by atoms with Gasteiger partial charge in [0.2, 0.25) is 0 Å². The fraction of sp³-hybridized carbons (Fsp3) is 0.889. The monoisotopic (exact) mass is 172 g/mol. The van der Waals surface area contributed by atoms with Crippen molar-refractivity contribution in [2.24, 2.45) is 0 Å². The second kappa shape index (κ2) is 4.01. The maximum absolute atomic E-state index is 10.5. The molecule has 0 spiro atoms. The molecular formula is C9H16O3. The number of rotatable bonds is 3. The molecule has 0 N–H and O–H groups in total. The third-order valence-electron chi connectivity index (χ3n) is 2.23. The Labute approximate surface area is 73.0 Å². The highest BCUT2D eigenvalue weighted by Gasteiger charge is 2.32. The number of hydrogen-bond acceptors (Lipinski definition) is 3. The standard InChI is InChI=1S/C9H16O3/c1-9(7-11-2)5-3-4-8(6-10)12-9/h6,8H,3-5,7H2,1-2H3. The van der Waals surface area contributed by atoms with Gasteiger partial charge in [-0.3, -0.25) is 0 Å². The van der Waals surface area contributed by atoms with E-state index in [1.54, 1.807) is 7.11 Å². The molecule has 0 bridgehead atoms. The van der Waals surface area contributed by atoms with Gasteiger partial charge in [-0.05, 0) is 26.2 Å². The molecule has 0 aromatic carbocycles. The largest absolute Gasteiger partial charge is 0.382 e. The Morgan fingerprint density at radius 3 is 3.08 bits per heavy atom. The lowest BCUT2D eigenvalue weighted by atomic mass is 9.94. The van der Waals surface area contributed by atoms with Crippen LogP contribution in [0.25, 0.3) is 0 Å². The average molecular weight is 172 g/mol. The minimum atomic E-state index is -0.251. The predicted molar refractivity (Wildman–Crippen MR) is 45.1 cm³/mol. The lowest BCUT2D eigenvalue weighted by molar-refractivity contribution is -0.155. The van der Waals surface area contributed by atoms with Crippen LogP contribution in [-0.4, -0.2) is 31.7 Å². The molecule has 2 atom stereocenters. The zero-order valence-electron chi connectivity index (χ0n) is 7.71. The molecule has 2 unspecified atom stereocenters. The SMILES string of the molecule is COCC1(C)CCCC(C=O)O1. The Balaban J connectivity index is 2.48. The average Bonchev–Trinajstić information content (AvgIpc) is 2.04. The van der Waals surface area contributed by atoms with E-state index in [2.05, 4.69) is 0 Å². The number of carbonyl (C=O) groups is 1. The Morgan fingerprint density at radius 2 is 2.50 bits per heavy atom. The summed E-state index contributed by atoms with van der Waals surface area (Å²) in [5.41, 5.74) is -0.251. The molecule has 0 aromatic heterocycles. The van der Waals surface area contributed by atoms with Crippen molar-refractivity contribution >= 4 is 6.29 Å². The van der Waals surface area contributed by atoms with Crippen molar-refractivity contribution in [3.05, 3.63) is 0 Å². The van der Waals surface area contributed by atoms with E-state index in [-0.39, 0.29) is 11.7 Å². The van der Waals surface area contributed by atoms with Crippen LogP contribution in [0.3, 0.4) is 0 Å². The molecule has 3 nitrogen and oxygen atoms in total. The van der Waals surface area contributed by atoms with Crippen molar-refractivity contribution in [2.45, 2.75) is 37.9 Å². The first-order valence-corrected chi connectivity index (χ1v) is 4.32. The minimum absolute atomic E-state index is 0.223. The molecule has 0 aliphatic carbocycles. The van der Waals surface area contributed by atoms with Crippen molar-refractivity contribution in [3.63, 3.8) is 0 Å². The second-order valence-electron chi connectivity index (χ2n) is 3.57.